The lowest BCUT2D eigenvalue weighted by molar-refractivity contribution is -0.137. The van der Waals surface area contributed by atoms with E-state index >= 15 is 0 Å². The van der Waals surface area contributed by atoms with Crippen LogP contribution in [0.4, 0.5) is 0 Å². The quantitative estimate of drug-likeness (QED) is 0.261. The van der Waals surface area contributed by atoms with E-state index in [-0.39, 0.29) is 0 Å². The van der Waals surface area contributed by atoms with Crippen LogP contribution < -0.4 is 0 Å². The maximum absolute atomic E-state index is 10.4. The van der Waals surface area contributed by atoms with Crippen LogP contribution in [-0.2, 0) is 4.79 Å². The summed E-state index contributed by atoms with van der Waals surface area (Å²) in [4.78, 5) is 10.4. The molecule has 3 heteroatoms. The molecule has 21 heavy (non-hydrogen) atoms. The van der Waals surface area contributed by atoms with Crippen molar-refractivity contribution in [1.82, 2.24) is 0 Å². The van der Waals surface area contributed by atoms with E-state index in [1.165, 1.54) is 77.0 Å². The summed E-state index contributed by atoms with van der Waals surface area (Å²) in [7, 11) is 0. The molecule has 0 fully saturated rings. The predicted octanol–water partition coefficient (Wildman–Crippen LogP) is 6.24. The fourth-order valence-corrected chi connectivity index (χ4v) is 3.03. The zero-order valence-corrected chi connectivity index (χ0v) is 14.9. The van der Waals surface area contributed by atoms with Crippen molar-refractivity contribution in [3.05, 3.63) is 0 Å². The van der Waals surface area contributed by atoms with E-state index in [1.807, 2.05) is 0 Å². The van der Waals surface area contributed by atoms with E-state index in [0.29, 0.717) is 11.7 Å². The second kappa shape index (κ2) is 16.2. The van der Waals surface area contributed by atoms with Gasteiger partial charge in [-0.2, -0.15) is 12.6 Å². The van der Waals surface area contributed by atoms with Gasteiger partial charge < -0.3 is 5.11 Å². The largest absolute Gasteiger partial charge is 0.481 e. The van der Waals surface area contributed by atoms with Gasteiger partial charge in [-0.1, -0.05) is 77.6 Å². The van der Waals surface area contributed by atoms with Gasteiger partial charge in [-0.3, -0.25) is 4.79 Å². The summed E-state index contributed by atoms with van der Waals surface area (Å²) in [6, 6.07) is 0. The summed E-state index contributed by atoms with van der Waals surface area (Å²) < 4.78 is 0. The standard InChI is InChI=1S/C18H36O2S/c1-2-3-4-5-6-8-11-14-17(21)15-12-9-7-10-13-16-18(19)20/h17,21H,2-16H2,1H3,(H,19,20). The molecule has 0 saturated carbocycles. The number of carbonyl (C=O) groups is 1. The fourth-order valence-electron chi connectivity index (χ4n) is 2.67. The van der Waals surface area contributed by atoms with Crippen molar-refractivity contribution in [2.24, 2.45) is 0 Å². The average Bonchev–Trinajstić information content (AvgIpc) is 2.45. The average molecular weight is 317 g/mol. The molecule has 2 nitrogen and oxygen atoms in total. The third-order valence-electron chi connectivity index (χ3n) is 4.07. The number of aliphatic carboxylic acids is 1. The van der Waals surface area contributed by atoms with E-state index in [9.17, 15) is 4.79 Å². The fraction of sp³-hybridized carbons (Fsp3) is 0.944. The molecule has 0 bridgehead atoms. The summed E-state index contributed by atoms with van der Waals surface area (Å²) in [6.45, 7) is 2.26. The maximum atomic E-state index is 10.4. The minimum Gasteiger partial charge on any atom is -0.481 e. The van der Waals surface area contributed by atoms with Crippen molar-refractivity contribution in [2.45, 2.75) is 108 Å². The van der Waals surface area contributed by atoms with Gasteiger partial charge in [-0.25, -0.2) is 0 Å². The summed E-state index contributed by atoms with van der Waals surface area (Å²) >= 11 is 4.68. The number of thiol groups is 1. The summed E-state index contributed by atoms with van der Waals surface area (Å²) in [5.74, 6) is -0.667. The minimum absolute atomic E-state index is 0.327. The summed E-state index contributed by atoms with van der Waals surface area (Å²) in [6.07, 6.45) is 18.0. The van der Waals surface area contributed by atoms with Crippen molar-refractivity contribution in [2.75, 3.05) is 0 Å². The van der Waals surface area contributed by atoms with E-state index in [4.69, 9.17) is 5.11 Å². The minimum atomic E-state index is -0.667. The Kier molecular flexibility index (Phi) is 16.1. The maximum Gasteiger partial charge on any atom is 0.303 e. The molecule has 0 aliphatic carbocycles. The highest BCUT2D eigenvalue weighted by molar-refractivity contribution is 7.80. The number of hydrogen-bond donors (Lipinski definition) is 2. The van der Waals surface area contributed by atoms with Crippen LogP contribution in [0.5, 0.6) is 0 Å². The normalized spacial score (nSPS) is 12.5. The second-order valence-corrected chi connectivity index (χ2v) is 6.99. The van der Waals surface area contributed by atoms with Crippen LogP contribution in [0.1, 0.15) is 103 Å². The number of carboxylic acids is 1. The Morgan fingerprint density at radius 3 is 1.71 bits per heavy atom. The molecule has 0 amide bonds. The van der Waals surface area contributed by atoms with Gasteiger partial charge in [0.05, 0.1) is 0 Å². The summed E-state index contributed by atoms with van der Waals surface area (Å²) in [5, 5.41) is 9.11. The van der Waals surface area contributed by atoms with Crippen molar-refractivity contribution in [3.8, 4) is 0 Å². The van der Waals surface area contributed by atoms with Gasteiger partial charge in [0.2, 0.25) is 0 Å². The van der Waals surface area contributed by atoms with Crippen LogP contribution in [0.15, 0.2) is 0 Å². The van der Waals surface area contributed by atoms with Crippen LogP contribution in [0.3, 0.4) is 0 Å². The molecule has 1 unspecified atom stereocenters. The first-order chi connectivity index (χ1) is 10.2. The zero-order valence-electron chi connectivity index (χ0n) is 14.0. The van der Waals surface area contributed by atoms with Gasteiger partial charge in [0.15, 0.2) is 0 Å². The molecule has 126 valence electrons. The van der Waals surface area contributed by atoms with E-state index in [2.05, 4.69) is 19.6 Å². The Labute approximate surface area is 137 Å². The molecule has 0 saturated heterocycles. The number of hydrogen-bond acceptors (Lipinski definition) is 2. The van der Waals surface area contributed by atoms with Gasteiger partial charge >= 0.3 is 5.97 Å². The Balaban J connectivity index is 3.16. The summed E-state index contributed by atoms with van der Waals surface area (Å²) in [5.41, 5.74) is 0. The third kappa shape index (κ3) is 17.8. The van der Waals surface area contributed by atoms with Crippen molar-refractivity contribution in [1.29, 1.82) is 0 Å². The highest BCUT2D eigenvalue weighted by atomic mass is 32.1. The Bertz CT molecular complexity index is 231. The van der Waals surface area contributed by atoms with Crippen LogP contribution in [0.2, 0.25) is 0 Å². The van der Waals surface area contributed by atoms with Crippen LogP contribution in [0, 0.1) is 0 Å². The van der Waals surface area contributed by atoms with Gasteiger partial charge in [0.1, 0.15) is 0 Å². The van der Waals surface area contributed by atoms with Gasteiger partial charge in [0.25, 0.3) is 0 Å². The predicted molar refractivity (Wildman–Crippen MR) is 95.3 cm³/mol. The SMILES string of the molecule is CCCCCCCCCC(S)CCCCCCCC(=O)O. The Morgan fingerprint density at radius 2 is 1.24 bits per heavy atom. The smallest absolute Gasteiger partial charge is 0.303 e. The molecule has 0 heterocycles. The third-order valence-corrected chi connectivity index (χ3v) is 4.59. The molecule has 0 aromatic rings. The topological polar surface area (TPSA) is 37.3 Å². The number of carboxylic acid groups (broad SMARTS) is 1. The molecule has 0 spiro atoms. The molecule has 0 aliphatic rings. The van der Waals surface area contributed by atoms with Crippen molar-refractivity contribution in [3.63, 3.8) is 0 Å². The van der Waals surface area contributed by atoms with E-state index in [1.54, 1.807) is 0 Å². The van der Waals surface area contributed by atoms with Crippen LogP contribution in [-0.4, -0.2) is 16.3 Å². The molecule has 0 aromatic carbocycles. The first kappa shape index (κ1) is 20.8. The zero-order chi connectivity index (χ0) is 15.8. The first-order valence-electron chi connectivity index (χ1n) is 9.06. The number of unbranched alkanes of at least 4 members (excludes halogenated alkanes) is 10. The molecule has 0 aromatic heterocycles. The lowest BCUT2D eigenvalue weighted by Crippen LogP contribution is -1.99. The molecule has 0 aliphatic heterocycles. The van der Waals surface area contributed by atoms with Gasteiger partial charge in [0, 0.05) is 11.7 Å². The van der Waals surface area contributed by atoms with Crippen molar-refractivity contribution < 1.29 is 9.90 Å². The van der Waals surface area contributed by atoms with E-state index in [0.717, 1.165) is 12.8 Å². The lowest BCUT2D eigenvalue weighted by Gasteiger charge is -2.10. The molecular formula is C18H36O2S. The molecule has 1 atom stereocenters. The molecule has 0 rings (SSSR count). The molecule has 0 radical (unpaired) electrons. The van der Waals surface area contributed by atoms with Crippen LogP contribution >= 0.6 is 12.6 Å². The Hall–Kier alpha value is -0.180. The highest BCUT2D eigenvalue weighted by Gasteiger charge is 2.03. The lowest BCUT2D eigenvalue weighted by atomic mass is 10.0. The second-order valence-electron chi connectivity index (χ2n) is 6.26. The molecule has 1 N–H and O–H groups in total. The highest BCUT2D eigenvalue weighted by Crippen LogP contribution is 2.17. The van der Waals surface area contributed by atoms with Gasteiger partial charge in [-0.15, -0.1) is 0 Å². The van der Waals surface area contributed by atoms with E-state index < -0.39 is 5.97 Å². The molecular weight excluding hydrogens is 280 g/mol. The van der Waals surface area contributed by atoms with Crippen LogP contribution in [0.25, 0.3) is 0 Å². The monoisotopic (exact) mass is 316 g/mol. The van der Waals surface area contributed by atoms with Crippen molar-refractivity contribution >= 4 is 18.6 Å². The Morgan fingerprint density at radius 1 is 0.810 bits per heavy atom. The number of rotatable bonds is 16. The first-order valence-corrected chi connectivity index (χ1v) is 9.58. The van der Waals surface area contributed by atoms with Gasteiger partial charge in [-0.05, 0) is 19.3 Å².